The van der Waals surface area contributed by atoms with Gasteiger partial charge in [0.2, 0.25) is 5.96 Å². The molecule has 0 aromatic carbocycles. The van der Waals surface area contributed by atoms with Gasteiger partial charge in [-0.15, -0.1) is 0 Å². The number of carbonyl (C=O) groups excluding carboxylic acids is 1. The Labute approximate surface area is 239 Å². The van der Waals surface area contributed by atoms with Gasteiger partial charge in [-0.1, -0.05) is 12.2 Å². The average Bonchev–Trinajstić information content (AvgIpc) is 3.56. The Morgan fingerprint density at radius 3 is 2.93 bits per heavy atom. The molecule has 0 spiro atoms. The fraction of sp³-hybridized carbons (Fsp3) is 0.500. The number of nitrogens with one attached hydrogen (secondary N) is 2. The minimum Gasteiger partial charge on any atom is -0.382 e. The van der Waals surface area contributed by atoms with Crippen molar-refractivity contribution >= 4 is 78.6 Å². The van der Waals surface area contributed by atoms with Gasteiger partial charge in [-0.25, -0.2) is 23.9 Å². The number of carbonyl (C=O) groups is 1. The van der Waals surface area contributed by atoms with Crippen molar-refractivity contribution in [1.29, 1.82) is 5.41 Å². The molecule has 1 fully saturated rings. The first-order valence-corrected chi connectivity index (χ1v) is 17.0. The molecule has 6 heterocycles. The zero-order chi connectivity index (χ0) is 29.1. The van der Waals surface area contributed by atoms with Crippen LogP contribution in [0.25, 0.3) is 11.2 Å². The normalized spacial score (nSPS) is 36.3. The van der Waals surface area contributed by atoms with Gasteiger partial charge in [-0.2, -0.15) is 4.99 Å². The van der Waals surface area contributed by atoms with Crippen LogP contribution in [0.4, 0.5) is 10.2 Å². The molecule has 1 saturated heterocycles. The van der Waals surface area contributed by atoms with Crippen LogP contribution < -0.4 is 11.1 Å². The average molecular weight is 651 g/mol. The number of alkyl halides is 1. The van der Waals surface area contributed by atoms with E-state index in [9.17, 15) is 14.3 Å². The molecule has 4 aliphatic rings. The number of nitrogens with zero attached hydrogens (tertiary/aromatic N) is 7. The molecular weight excluding hydrogens is 629 g/mol. The summed E-state index contributed by atoms with van der Waals surface area (Å²) < 4.78 is 57.9. The number of aliphatic imine (C=N–C) groups is 2. The number of amides is 1. The van der Waals surface area contributed by atoms with Crippen LogP contribution in [-0.2, 0) is 57.1 Å². The van der Waals surface area contributed by atoms with E-state index >= 15 is 4.39 Å². The molecule has 5 N–H and O–H groups in total. The van der Waals surface area contributed by atoms with E-state index in [2.05, 4.69) is 42.5 Å². The van der Waals surface area contributed by atoms with Crippen LogP contribution in [0.15, 0.2) is 16.3 Å². The van der Waals surface area contributed by atoms with Crippen molar-refractivity contribution in [2.75, 3.05) is 18.9 Å². The number of amidine groups is 1. The van der Waals surface area contributed by atoms with Crippen LogP contribution in [0.2, 0.25) is 0 Å². The molecule has 3 unspecified atom stereocenters. The van der Waals surface area contributed by atoms with Crippen molar-refractivity contribution in [2.24, 2.45) is 9.98 Å². The van der Waals surface area contributed by atoms with Gasteiger partial charge in [0.05, 0.1) is 19.6 Å². The van der Waals surface area contributed by atoms with Gasteiger partial charge in [0, 0.05) is 6.54 Å². The first-order valence-electron chi connectivity index (χ1n) is 11.7. The molecule has 220 valence electrons. The van der Waals surface area contributed by atoms with Gasteiger partial charge in [-0.3, -0.25) is 39.0 Å². The number of fused-ring (bicyclic) bond motifs is 6. The highest BCUT2D eigenvalue weighted by Gasteiger charge is 2.54. The Morgan fingerprint density at radius 1 is 1.32 bits per heavy atom. The summed E-state index contributed by atoms with van der Waals surface area (Å²) in [6.07, 6.45) is -4.10. The van der Waals surface area contributed by atoms with Crippen LogP contribution in [0.1, 0.15) is 5.82 Å². The zero-order valence-electron chi connectivity index (χ0n) is 20.5. The number of nitrogen functional groups attached to an aromatic ring is 1. The highest BCUT2D eigenvalue weighted by molar-refractivity contribution is 8.44. The van der Waals surface area contributed by atoms with Crippen LogP contribution in [0.5, 0.6) is 0 Å². The van der Waals surface area contributed by atoms with Crippen molar-refractivity contribution in [1.82, 2.24) is 29.7 Å². The second kappa shape index (κ2) is 10.7. The lowest BCUT2D eigenvalue weighted by Crippen LogP contribution is -2.53. The van der Waals surface area contributed by atoms with Gasteiger partial charge in [0.1, 0.15) is 31.0 Å². The third kappa shape index (κ3) is 5.54. The number of halogens is 1. The molecule has 0 radical (unpaired) electrons. The maximum absolute atomic E-state index is 15.8. The molecule has 1 amide bonds. The van der Waals surface area contributed by atoms with Crippen molar-refractivity contribution in [3.05, 3.63) is 12.2 Å². The minimum absolute atomic E-state index is 0.0330. The van der Waals surface area contributed by atoms with E-state index in [0.717, 1.165) is 0 Å². The fourth-order valence-corrected chi connectivity index (χ4v) is 7.01. The van der Waals surface area contributed by atoms with Crippen molar-refractivity contribution in [3.8, 4) is 0 Å². The summed E-state index contributed by atoms with van der Waals surface area (Å²) in [6, 6.07) is -1.12. The number of imidazole rings is 1. The van der Waals surface area contributed by atoms with E-state index in [1.807, 2.05) is 0 Å². The number of hydrogen-bond donors (Lipinski definition) is 5. The second-order valence-electron chi connectivity index (χ2n) is 8.91. The highest BCUT2D eigenvalue weighted by Crippen LogP contribution is 2.54. The van der Waals surface area contributed by atoms with Gasteiger partial charge >= 0.3 is 13.5 Å². The standard InChI is InChI=1S/C18H21FN10O8P2S2/c19-9-7-3-34-38(31,40)33-2-1-28-8(25-10-13(20)22-5-23-14(10)28)4-35-39(32,41)37-12(9)17(36-7)29-6-24-11-15(29)26-18(21)27-16(11)30/h5-7,9,11-12,17H,1-4H2,(H,31,40)(H,32,41)(H2,20,22,23)(H2,21,27,30)/t7-,9+,11?,12-,17-,38?,39?/m1/s1. The predicted molar refractivity (Wildman–Crippen MR) is 145 cm³/mol. The maximum atomic E-state index is 15.8. The molecule has 4 aliphatic heterocycles. The molecule has 0 saturated carbocycles. The summed E-state index contributed by atoms with van der Waals surface area (Å²) >= 11 is 9.17. The number of rotatable bonds is 1. The van der Waals surface area contributed by atoms with Crippen molar-refractivity contribution < 1.29 is 41.5 Å². The third-order valence-electron chi connectivity index (χ3n) is 6.33. The molecule has 23 heteroatoms. The van der Waals surface area contributed by atoms with Crippen molar-refractivity contribution in [3.63, 3.8) is 0 Å². The van der Waals surface area contributed by atoms with Crippen molar-refractivity contribution in [2.45, 2.75) is 43.8 Å². The molecule has 6 rings (SSSR count). The summed E-state index contributed by atoms with van der Waals surface area (Å²) in [7, 11) is 0. The largest absolute Gasteiger partial charge is 0.386 e. The molecular formula is C18H21FN10O8P2S2. The lowest BCUT2D eigenvalue weighted by Gasteiger charge is -2.31. The number of ether oxygens (including phenoxy) is 1. The molecule has 2 bridgehead atoms. The van der Waals surface area contributed by atoms with Crippen LogP contribution >= 0.6 is 25.8 Å². The molecule has 18 nitrogen and oxygen atoms in total. The Hall–Kier alpha value is -2.45. The number of guanidine groups is 1. The summed E-state index contributed by atoms with van der Waals surface area (Å²) in [6.45, 7) is -9.44. The lowest BCUT2D eigenvalue weighted by atomic mass is 10.1. The summed E-state index contributed by atoms with van der Waals surface area (Å²) in [5, 5.41) is 9.99. The number of nitrogens with two attached hydrogens (primary N) is 1. The lowest BCUT2D eigenvalue weighted by molar-refractivity contribution is -0.119. The van der Waals surface area contributed by atoms with E-state index in [4.69, 9.17) is 45.8 Å². The summed E-state index contributed by atoms with van der Waals surface area (Å²) in [5.74, 6) is -0.878. The molecule has 41 heavy (non-hydrogen) atoms. The van der Waals surface area contributed by atoms with Gasteiger partial charge in [0.25, 0.3) is 5.91 Å². The summed E-state index contributed by atoms with van der Waals surface area (Å²) in [5.41, 5.74) is 6.45. The fourth-order valence-electron chi connectivity index (χ4n) is 4.52. The number of anilines is 1. The van der Waals surface area contributed by atoms with E-state index in [0.29, 0.717) is 5.65 Å². The maximum Gasteiger partial charge on any atom is 0.386 e. The van der Waals surface area contributed by atoms with E-state index in [1.165, 1.54) is 22.1 Å². The molecule has 2 aromatic rings. The number of hydrogen-bond acceptors (Lipinski definition) is 15. The SMILES string of the molecule is N=C1N=C2C(N=CN2[C@@H]2O[C@@H]3COP(=O)(S)OCCn4c(nc5c(N)ncnc54)COP(O)(=S)O[C@@H]2[C@H]3F)C(=O)N1. The second-order valence-corrected chi connectivity index (χ2v) is 14.6. The first kappa shape index (κ1) is 28.7. The van der Waals surface area contributed by atoms with Crippen LogP contribution in [0.3, 0.4) is 0 Å². The Balaban J connectivity index is 1.34. The molecule has 0 aliphatic carbocycles. The van der Waals surface area contributed by atoms with E-state index in [1.54, 1.807) is 0 Å². The van der Waals surface area contributed by atoms with E-state index in [-0.39, 0.29) is 36.1 Å². The quantitative estimate of drug-likeness (QED) is 0.200. The Morgan fingerprint density at radius 2 is 2.12 bits per heavy atom. The Bertz CT molecular complexity index is 1590. The van der Waals surface area contributed by atoms with E-state index < -0.39 is 69.2 Å². The summed E-state index contributed by atoms with van der Waals surface area (Å²) in [4.78, 5) is 44.9. The predicted octanol–water partition coefficient (Wildman–Crippen LogP) is -0.150. The molecule has 2 aromatic heterocycles. The zero-order valence-corrected chi connectivity index (χ0v) is 24.0. The smallest absolute Gasteiger partial charge is 0.382 e. The van der Waals surface area contributed by atoms with Gasteiger partial charge in [0.15, 0.2) is 41.3 Å². The minimum atomic E-state index is -4.21. The van der Waals surface area contributed by atoms with Crippen LogP contribution in [0, 0.1) is 5.41 Å². The molecule has 7 atom stereocenters. The monoisotopic (exact) mass is 650 g/mol. The first-order chi connectivity index (χ1) is 19.4. The van der Waals surface area contributed by atoms with Gasteiger partial charge in [-0.05, 0) is 11.8 Å². The number of thiol groups is 1. The van der Waals surface area contributed by atoms with Gasteiger partial charge < -0.3 is 24.5 Å². The van der Waals surface area contributed by atoms with Crippen LogP contribution in [-0.4, -0.2) is 97.2 Å². The number of aromatic nitrogens is 4. The highest BCUT2D eigenvalue weighted by atomic mass is 32.7. The third-order valence-corrected chi connectivity index (χ3v) is 9.54. The Kier molecular flexibility index (Phi) is 7.46. The topological polar surface area (TPSA) is 234 Å².